The second kappa shape index (κ2) is 5.84. The van der Waals surface area contributed by atoms with Gasteiger partial charge in [-0.3, -0.25) is 9.69 Å². The van der Waals surface area contributed by atoms with Crippen LogP contribution in [0.4, 0.5) is 5.69 Å². The molecule has 1 amide bonds. The molecule has 0 spiro atoms. The van der Waals surface area contributed by atoms with Crippen LogP contribution in [0.5, 0.6) is 0 Å². The number of nitrogens with zero attached hydrogens (tertiary/aromatic N) is 2. The first-order chi connectivity index (χ1) is 8.70. The lowest BCUT2D eigenvalue weighted by atomic mass is 10.1. The average Bonchev–Trinajstić information content (AvgIpc) is 2.39. The summed E-state index contributed by atoms with van der Waals surface area (Å²) in [7, 11) is 0. The Labute approximate surface area is 107 Å². The molecule has 2 rings (SSSR count). The van der Waals surface area contributed by atoms with Crippen LogP contribution < -0.4 is 5.73 Å². The third-order valence-electron chi connectivity index (χ3n) is 3.21. The predicted octanol–water partition coefficient (Wildman–Crippen LogP) is 0.0189. The smallest absolute Gasteiger partial charge is 0.254 e. The van der Waals surface area contributed by atoms with Crippen molar-refractivity contribution in [2.45, 2.75) is 0 Å². The van der Waals surface area contributed by atoms with Crippen molar-refractivity contribution in [3.63, 3.8) is 0 Å². The van der Waals surface area contributed by atoms with Gasteiger partial charge in [0.05, 0.1) is 6.61 Å². The van der Waals surface area contributed by atoms with Gasteiger partial charge < -0.3 is 15.7 Å². The molecular formula is C13H19N3O2. The number of benzene rings is 1. The van der Waals surface area contributed by atoms with Crippen molar-refractivity contribution >= 4 is 11.6 Å². The fraction of sp³-hybridized carbons (Fsp3) is 0.462. The van der Waals surface area contributed by atoms with Gasteiger partial charge >= 0.3 is 0 Å². The molecule has 98 valence electrons. The van der Waals surface area contributed by atoms with Crippen LogP contribution >= 0.6 is 0 Å². The summed E-state index contributed by atoms with van der Waals surface area (Å²) in [5, 5.41) is 8.87. The van der Waals surface area contributed by atoms with E-state index < -0.39 is 0 Å². The largest absolute Gasteiger partial charge is 0.399 e. The van der Waals surface area contributed by atoms with Crippen LogP contribution in [-0.4, -0.2) is 60.1 Å². The number of carbonyl (C=O) groups is 1. The van der Waals surface area contributed by atoms with Crippen molar-refractivity contribution < 1.29 is 9.90 Å². The van der Waals surface area contributed by atoms with Gasteiger partial charge in [0, 0.05) is 44.0 Å². The monoisotopic (exact) mass is 249 g/mol. The topological polar surface area (TPSA) is 69.8 Å². The van der Waals surface area contributed by atoms with Gasteiger partial charge in [0.15, 0.2) is 0 Å². The summed E-state index contributed by atoms with van der Waals surface area (Å²) in [6.45, 7) is 3.88. The SMILES string of the molecule is Nc1cccc(C(=O)N2CCN(CCO)CC2)c1. The van der Waals surface area contributed by atoms with E-state index in [9.17, 15) is 4.79 Å². The van der Waals surface area contributed by atoms with Crippen LogP contribution in [0, 0.1) is 0 Å². The zero-order chi connectivity index (χ0) is 13.0. The van der Waals surface area contributed by atoms with Crippen LogP contribution in [-0.2, 0) is 0 Å². The van der Waals surface area contributed by atoms with Crippen molar-refractivity contribution in [2.24, 2.45) is 0 Å². The zero-order valence-electron chi connectivity index (χ0n) is 10.4. The number of anilines is 1. The molecule has 1 aliphatic heterocycles. The van der Waals surface area contributed by atoms with E-state index in [-0.39, 0.29) is 12.5 Å². The van der Waals surface area contributed by atoms with Crippen molar-refractivity contribution in [3.05, 3.63) is 29.8 Å². The molecule has 0 radical (unpaired) electrons. The molecule has 3 N–H and O–H groups in total. The zero-order valence-corrected chi connectivity index (χ0v) is 10.4. The third kappa shape index (κ3) is 3.00. The van der Waals surface area contributed by atoms with E-state index >= 15 is 0 Å². The summed E-state index contributed by atoms with van der Waals surface area (Å²) in [5.41, 5.74) is 6.94. The lowest BCUT2D eigenvalue weighted by molar-refractivity contribution is 0.0615. The summed E-state index contributed by atoms with van der Waals surface area (Å²) >= 11 is 0. The second-order valence-electron chi connectivity index (χ2n) is 4.48. The number of hydrogen-bond acceptors (Lipinski definition) is 4. The molecule has 1 heterocycles. The van der Waals surface area contributed by atoms with Gasteiger partial charge in [-0.25, -0.2) is 0 Å². The Hall–Kier alpha value is -1.59. The van der Waals surface area contributed by atoms with E-state index in [0.29, 0.717) is 30.9 Å². The summed E-state index contributed by atoms with van der Waals surface area (Å²) in [6.07, 6.45) is 0. The Morgan fingerprint density at radius 2 is 2.00 bits per heavy atom. The molecule has 1 aliphatic rings. The molecule has 18 heavy (non-hydrogen) atoms. The number of aliphatic hydroxyl groups excluding tert-OH is 1. The standard InChI is InChI=1S/C13H19N3O2/c14-12-3-1-2-11(10-12)13(18)16-6-4-15(5-7-16)8-9-17/h1-3,10,17H,4-9,14H2. The van der Waals surface area contributed by atoms with Crippen LogP contribution in [0.2, 0.25) is 0 Å². The van der Waals surface area contributed by atoms with Gasteiger partial charge in [-0.1, -0.05) is 6.07 Å². The maximum atomic E-state index is 12.2. The molecule has 0 aliphatic carbocycles. The quantitative estimate of drug-likeness (QED) is 0.741. The number of piperazine rings is 1. The van der Waals surface area contributed by atoms with Crippen molar-refractivity contribution in [1.29, 1.82) is 0 Å². The van der Waals surface area contributed by atoms with E-state index in [0.717, 1.165) is 13.1 Å². The average molecular weight is 249 g/mol. The third-order valence-corrected chi connectivity index (χ3v) is 3.21. The highest BCUT2D eigenvalue weighted by Crippen LogP contribution is 2.11. The summed E-state index contributed by atoms with van der Waals surface area (Å²) in [5.74, 6) is 0.0333. The van der Waals surface area contributed by atoms with Crippen LogP contribution in [0.3, 0.4) is 0 Å². The van der Waals surface area contributed by atoms with E-state index in [2.05, 4.69) is 4.90 Å². The van der Waals surface area contributed by atoms with E-state index in [4.69, 9.17) is 10.8 Å². The van der Waals surface area contributed by atoms with Crippen LogP contribution in [0.25, 0.3) is 0 Å². The first-order valence-corrected chi connectivity index (χ1v) is 6.19. The van der Waals surface area contributed by atoms with Gasteiger partial charge in [0.2, 0.25) is 0 Å². The predicted molar refractivity (Wildman–Crippen MR) is 70.3 cm³/mol. The summed E-state index contributed by atoms with van der Waals surface area (Å²) in [4.78, 5) is 16.2. The van der Waals surface area contributed by atoms with Crippen molar-refractivity contribution in [3.8, 4) is 0 Å². The van der Waals surface area contributed by atoms with Gasteiger partial charge in [-0.05, 0) is 18.2 Å². The molecule has 1 saturated heterocycles. The number of hydrogen-bond donors (Lipinski definition) is 2. The van der Waals surface area contributed by atoms with E-state index in [1.165, 1.54) is 0 Å². The molecule has 1 aromatic rings. The Morgan fingerprint density at radius 3 is 2.61 bits per heavy atom. The first kappa shape index (κ1) is 12.9. The summed E-state index contributed by atoms with van der Waals surface area (Å²) in [6, 6.07) is 7.07. The number of amides is 1. The van der Waals surface area contributed by atoms with Gasteiger partial charge in [0.25, 0.3) is 5.91 Å². The Bertz CT molecular complexity index is 414. The highest BCUT2D eigenvalue weighted by atomic mass is 16.3. The number of nitrogens with two attached hydrogens (primary N) is 1. The fourth-order valence-corrected chi connectivity index (χ4v) is 2.17. The molecule has 0 saturated carbocycles. The van der Waals surface area contributed by atoms with Gasteiger partial charge in [-0.15, -0.1) is 0 Å². The maximum absolute atomic E-state index is 12.2. The van der Waals surface area contributed by atoms with Crippen molar-refractivity contribution in [2.75, 3.05) is 45.1 Å². The lowest BCUT2D eigenvalue weighted by Crippen LogP contribution is -2.49. The van der Waals surface area contributed by atoms with Gasteiger partial charge in [-0.2, -0.15) is 0 Å². The molecule has 5 heteroatoms. The molecule has 0 atom stereocenters. The van der Waals surface area contributed by atoms with Gasteiger partial charge in [0.1, 0.15) is 0 Å². The minimum Gasteiger partial charge on any atom is -0.399 e. The van der Waals surface area contributed by atoms with Crippen LogP contribution in [0.1, 0.15) is 10.4 Å². The highest BCUT2D eigenvalue weighted by Gasteiger charge is 2.21. The Morgan fingerprint density at radius 1 is 1.28 bits per heavy atom. The number of carbonyl (C=O) groups excluding carboxylic acids is 1. The van der Waals surface area contributed by atoms with E-state index in [1.54, 1.807) is 24.3 Å². The molecule has 0 bridgehead atoms. The summed E-state index contributed by atoms with van der Waals surface area (Å²) < 4.78 is 0. The minimum atomic E-state index is 0.0333. The Balaban J connectivity index is 1.95. The highest BCUT2D eigenvalue weighted by molar-refractivity contribution is 5.95. The number of aliphatic hydroxyl groups is 1. The number of β-amino-alcohol motifs (C(OH)–C–C–N with tert-alkyl or cyclic N) is 1. The number of nitrogen functional groups attached to an aromatic ring is 1. The molecule has 0 unspecified atom stereocenters. The molecule has 1 aromatic carbocycles. The lowest BCUT2D eigenvalue weighted by Gasteiger charge is -2.34. The molecule has 0 aromatic heterocycles. The molecule has 1 fully saturated rings. The normalized spacial score (nSPS) is 16.8. The second-order valence-corrected chi connectivity index (χ2v) is 4.48. The first-order valence-electron chi connectivity index (χ1n) is 6.19. The van der Waals surface area contributed by atoms with E-state index in [1.807, 2.05) is 4.90 Å². The fourth-order valence-electron chi connectivity index (χ4n) is 2.17. The number of rotatable bonds is 3. The maximum Gasteiger partial charge on any atom is 0.254 e. The van der Waals surface area contributed by atoms with Crippen molar-refractivity contribution in [1.82, 2.24) is 9.80 Å². The molecule has 5 nitrogen and oxygen atoms in total. The van der Waals surface area contributed by atoms with Crippen LogP contribution in [0.15, 0.2) is 24.3 Å². The molecular weight excluding hydrogens is 230 g/mol. The Kier molecular flexibility index (Phi) is 4.17. The minimum absolute atomic E-state index is 0.0333.